The molecular formula is C12H25N3. The van der Waals surface area contributed by atoms with E-state index in [0.29, 0.717) is 0 Å². The second-order valence-electron chi connectivity index (χ2n) is 5.37. The van der Waals surface area contributed by atoms with E-state index in [9.17, 15) is 0 Å². The van der Waals surface area contributed by atoms with E-state index in [1.54, 1.807) is 0 Å². The maximum absolute atomic E-state index is 6.03. The molecule has 1 heterocycles. The minimum absolute atomic E-state index is 0.244. The molecule has 2 aliphatic rings. The molecule has 1 aliphatic carbocycles. The average molecular weight is 211 g/mol. The summed E-state index contributed by atoms with van der Waals surface area (Å²) in [6.45, 7) is 3.87. The van der Waals surface area contributed by atoms with Crippen LogP contribution in [0.1, 0.15) is 38.5 Å². The van der Waals surface area contributed by atoms with Crippen molar-refractivity contribution < 1.29 is 0 Å². The Morgan fingerprint density at radius 1 is 0.933 bits per heavy atom. The Morgan fingerprint density at radius 3 is 2.33 bits per heavy atom. The van der Waals surface area contributed by atoms with E-state index in [-0.39, 0.29) is 12.1 Å². The van der Waals surface area contributed by atoms with Gasteiger partial charge >= 0.3 is 0 Å². The standard InChI is InChI=1S/C12H25N3/c13-11-5-4-10(8-12(11)14)9-15-6-2-1-3-7-15/h10-12H,1-9,13-14H2/t10?,11-,12+/m0/s1. The molecule has 0 spiro atoms. The van der Waals surface area contributed by atoms with Gasteiger partial charge in [0.15, 0.2) is 0 Å². The first-order chi connectivity index (χ1) is 7.25. The second kappa shape index (κ2) is 5.28. The molecule has 0 bridgehead atoms. The molecular weight excluding hydrogens is 186 g/mol. The Hall–Kier alpha value is -0.120. The smallest absolute Gasteiger partial charge is 0.0195 e. The van der Waals surface area contributed by atoms with E-state index in [1.807, 2.05) is 0 Å². The predicted octanol–water partition coefficient (Wildman–Crippen LogP) is 0.927. The largest absolute Gasteiger partial charge is 0.326 e. The van der Waals surface area contributed by atoms with Crippen LogP contribution in [0.2, 0.25) is 0 Å². The number of rotatable bonds is 2. The second-order valence-corrected chi connectivity index (χ2v) is 5.37. The molecule has 1 aliphatic heterocycles. The minimum Gasteiger partial charge on any atom is -0.326 e. The summed E-state index contributed by atoms with van der Waals surface area (Å²) in [6.07, 6.45) is 7.74. The normalized spacial score (nSPS) is 39.2. The fraction of sp³-hybridized carbons (Fsp3) is 1.00. The van der Waals surface area contributed by atoms with Gasteiger partial charge in [-0.3, -0.25) is 0 Å². The molecule has 0 amide bonds. The van der Waals surface area contributed by atoms with E-state index >= 15 is 0 Å². The van der Waals surface area contributed by atoms with Gasteiger partial charge in [0.2, 0.25) is 0 Å². The molecule has 3 nitrogen and oxygen atoms in total. The molecule has 1 unspecified atom stereocenters. The highest BCUT2D eigenvalue weighted by molar-refractivity contribution is 4.86. The maximum atomic E-state index is 6.03. The molecule has 1 saturated heterocycles. The van der Waals surface area contributed by atoms with Crippen LogP contribution in [0.25, 0.3) is 0 Å². The third-order valence-electron chi connectivity index (χ3n) is 4.03. The molecule has 0 aromatic rings. The van der Waals surface area contributed by atoms with Gasteiger partial charge in [-0.1, -0.05) is 6.42 Å². The molecule has 0 radical (unpaired) electrons. The zero-order chi connectivity index (χ0) is 10.7. The summed E-state index contributed by atoms with van der Waals surface area (Å²) < 4.78 is 0. The van der Waals surface area contributed by atoms with Gasteiger partial charge in [-0.2, -0.15) is 0 Å². The van der Waals surface area contributed by atoms with E-state index in [1.165, 1.54) is 45.3 Å². The monoisotopic (exact) mass is 211 g/mol. The van der Waals surface area contributed by atoms with Gasteiger partial charge in [-0.15, -0.1) is 0 Å². The van der Waals surface area contributed by atoms with Crippen molar-refractivity contribution in [2.24, 2.45) is 17.4 Å². The lowest BCUT2D eigenvalue weighted by atomic mass is 9.82. The van der Waals surface area contributed by atoms with Crippen molar-refractivity contribution in [3.05, 3.63) is 0 Å². The Morgan fingerprint density at radius 2 is 1.67 bits per heavy atom. The molecule has 1 saturated carbocycles. The first kappa shape index (κ1) is 11.4. The van der Waals surface area contributed by atoms with E-state index in [2.05, 4.69) is 4.90 Å². The average Bonchev–Trinajstić information content (AvgIpc) is 2.25. The highest BCUT2D eigenvalue weighted by atomic mass is 15.1. The van der Waals surface area contributed by atoms with Crippen LogP contribution in [0.4, 0.5) is 0 Å². The van der Waals surface area contributed by atoms with Crippen molar-refractivity contribution in [1.29, 1.82) is 0 Å². The number of hydrogen-bond acceptors (Lipinski definition) is 3. The van der Waals surface area contributed by atoms with Gasteiger partial charge in [0.05, 0.1) is 0 Å². The van der Waals surface area contributed by atoms with Crippen molar-refractivity contribution in [1.82, 2.24) is 4.90 Å². The van der Waals surface area contributed by atoms with Crippen LogP contribution in [0.5, 0.6) is 0 Å². The molecule has 0 aromatic heterocycles. The lowest BCUT2D eigenvalue weighted by Crippen LogP contribution is -2.48. The SMILES string of the molecule is N[C@@H]1CC(CN2CCCCC2)CC[C@@H]1N. The number of nitrogens with zero attached hydrogens (tertiary/aromatic N) is 1. The van der Waals surface area contributed by atoms with Crippen LogP contribution in [0.15, 0.2) is 0 Å². The van der Waals surface area contributed by atoms with Crippen LogP contribution in [-0.2, 0) is 0 Å². The molecule has 88 valence electrons. The van der Waals surface area contributed by atoms with Crippen LogP contribution in [0.3, 0.4) is 0 Å². The Balaban J connectivity index is 1.74. The summed E-state index contributed by atoms with van der Waals surface area (Å²) in [5.41, 5.74) is 12.0. The van der Waals surface area contributed by atoms with E-state index < -0.39 is 0 Å². The number of hydrogen-bond donors (Lipinski definition) is 2. The molecule has 2 fully saturated rings. The summed E-state index contributed by atoms with van der Waals surface area (Å²) in [7, 11) is 0. The zero-order valence-electron chi connectivity index (χ0n) is 9.70. The van der Waals surface area contributed by atoms with Crippen molar-refractivity contribution >= 4 is 0 Å². The van der Waals surface area contributed by atoms with Gasteiger partial charge in [-0.05, 0) is 51.1 Å². The topological polar surface area (TPSA) is 55.3 Å². The van der Waals surface area contributed by atoms with Gasteiger partial charge < -0.3 is 16.4 Å². The third kappa shape index (κ3) is 3.16. The molecule has 0 aromatic carbocycles. The molecule has 3 heteroatoms. The van der Waals surface area contributed by atoms with Crippen LogP contribution >= 0.6 is 0 Å². The van der Waals surface area contributed by atoms with Gasteiger partial charge in [0.1, 0.15) is 0 Å². The number of nitrogens with two attached hydrogens (primary N) is 2. The van der Waals surface area contributed by atoms with Gasteiger partial charge in [-0.25, -0.2) is 0 Å². The van der Waals surface area contributed by atoms with E-state index in [4.69, 9.17) is 11.5 Å². The highest BCUT2D eigenvalue weighted by Gasteiger charge is 2.26. The predicted molar refractivity (Wildman–Crippen MR) is 63.6 cm³/mol. The summed E-state index contributed by atoms with van der Waals surface area (Å²) >= 11 is 0. The lowest BCUT2D eigenvalue weighted by molar-refractivity contribution is 0.162. The Bertz CT molecular complexity index is 189. The molecule has 2 rings (SSSR count). The van der Waals surface area contributed by atoms with E-state index in [0.717, 1.165) is 18.8 Å². The van der Waals surface area contributed by atoms with Gasteiger partial charge in [0, 0.05) is 18.6 Å². The van der Waals surface area contributed by atoms with Crippen molar-refractivity contribution in [3.63, 3.8) is 0 Å². The fourth-order valence-corrected chi connectivity index (χ4v) is 2.99. The minimum atomic E-state index is 0.244. The van der Waals surface area contributed by atoms with Crippen LogP contribution < -0.4 is 11.5 Å². The third-order valence-corrected chi connectivity index (χ3v) is 4.03. The Labute approximate surface area is 93.2 Å². The fourth-order valence-electron chi connectivity index (χ4n) is 2.99. The Kier molecular flexibility index (Phi) is 4.00. The zero-order valence-corrected chi connectivity index (χ0v) is 9.70. The van der Waals surface area contributed by atoms with Crippen molar-refractivity contribution in [2.75, 3.05) is 19.6 Å². The highest BCUT2D eigenvalue weighted by Crippen LogP contribution is 2.24. The van der Waals surface area contributed by atoms with Crippen LogP contribution in [0, 0.1) is 5.92 Å². The molecule has 15 heavy (non-hydrogen) atoms. The molecule has 3 atom stereocenters. The first-order valence-corrected chi connectivity index (χ1v) is 6.49. The summed E-state index contributed by atoms with van der Waals surface area (Å²) in [5.74, 6) is 0.804. The number of piperidine rings is 1. The van der Waals surface area contributed by atoms with Crippen molar-refractivity contribution in [3.8, 4) is 0 Å². The first-order valence-electron chi connectivity index (χ1n) is 6.49. The van der Waals surface area contributed by atoms with Crippen molar-refractivity contribution in [2.45, 2.75) is 50.6 Å². The quantitative estimate of drug-likeness (QED) is 0.714. The number of likely N-dealkylation sites (tertiary alicyclic amines) is 1. The molecule has 4 N–H and O–H groups in total. The maximum Gasteiger partial charge on any atom is 0.0195 e. The summed E-state index contributed by atoms with van der Waals surface area (Å²) in [5, 5.41) is 0. The summed E-state index contributed by atoms with van der Waals surface area (Å²) in [6, 6.07) is 0.496. The van der Waals surface area contributed by atoms with Gasteiger partial charge in [0.25, 0.3) is 0 Å². The van der Waals surface area contributed by atoms with Crippen LogP contribution in [-0.4, -0.2) is 36.6 Å². The summed E-state index contributed by atoms with van der Waals surface area (Å²) in [4.78, 5) is 2.62. The lowest BCUT2D eigenvalue weighted by Gasteiger charge is -2.36.